The van der Waals surface area contributed by atoms with Crippen LogP contribution in [0.4, 0.5) is 13.2 Å². The summed E-state index contributed by atoms with van der Waals surface area (Å²) >= 11 is 0. The van der Waals surface area contributed by atoms with Gasteiger partial charge in [-0.15, -0.1) is 0 Å². The van der Waals surface area contributed by atoms with Gasteiger partial charge < -0.3 is 14.4 Å². The van der Waals surface area contributed by atoms with Crippen LogP contribution in [-0.2, 0) is 16.4 Å². The molecule has 12 heteroatoms. The van der Waals surface area contributed by atoms with E-state index in [9.17, 15) is 22.3 Å². The Morgan fingerprint density at radius 1 is 0.952 bits per heavy atom. The van der Waals surface area contributed by atoms with Crippen molar-refractivity contribution in [2.75, 3.05) is 6.26 Å². The Kier molecular flexibility index (Phi) is 7.69. The molecule has 42 heavy (non-hydrogen) atoms. The van der Waals surface area contributed by atoms with E-state index in [0.29, 0.717) is 33.8 Å². The molecule has 0 radical (unpaired) electrons. The second-order valence-corrected chi connectivity index (χ2v) is 11.8. The molecule has 0 unspecified atom stereocenters. The summed E-state index contributed by atoms with van der Waals surface area (Å²) in [5, 5.41) is 14.3. The molecule has 0 amide bonds. The highest BCUT2D eigenvalue weighted by molar-refractivity contribution is 7.90. The first-order valence-electron chi connectivity index (χ1n) is 12.8. The number of aliphatic hydroxyl groups is 1. The van der Waals surface area contributed by atoms with Crippen molar-refractivity contribution >= 4 is 9.84 Å². The van der Waals surface area contributed by atoms with E-state index in [1.807, 2.05) is 43.7 Å². The molecule has 0 spiro atoms. The number of ether oxygens (including phenoxy) is 1. The number of aliphatic hydroxyl groups excluding tert-OH is 1. The van der Waals surface area contributed by atoms with Crippen molar-refractivity contribution in [3.05, 3.63) is 95.5 Å². The van der Waals surface area contributed by atoms with Crippen LogP contribution in [0.3, 0.4) is 0 Å². The smallest absolute Gasteiger partial charge is 0.387 e. The zero-order valence-electron chi connectivity index (χ0n) is 23.1. The van der Waals surface area contributed by atoms with Crippen molar-refractivity contribution in [1.29, 1.82) is 0 Å². The lowest BCUT2D eigenvalue weighted by molar-refractivity contribution is -0.0498. The summed E-state index contributed by atoms with van der Waals surface area (Å²) in [6.45, 7) is 1.82. The van der Waals surface area contributed by atoms with Crippen LogP contribution in [0.2, 0.25) is 0 Å². The molecule has 0 saturated carbocycles. The van der Waals surface area contributed by atoms with Crippen molar-refractivity contribution in [1.82, 2.24) is 19.3 Å². The van der Waals surface area contributed by atoms with Gasteiger partial charge in [-0.3, -0.25) is 0 Å². The molecule has 0 fully saturated rings. The van der Waals surface area contributed by atoms with Crippen LogP contribution in [0.1, 0.15) is 22.8 Å². The van der Waals surface area contributed by atoms with Crippen LogP contribution < -0.4 is 4.74 Å². The molecule has 0 aliphatic carbocycles. The summed E-state index contributed by atoms with van der Waals surface area (Å²) in [7, 11) is -3.85. The highest BCUT2D eigenvalue weighted by Crippen LogP contribution is 2.36. The Hall–Kier alpha value is -4.42. The number of sulfone groups is 1. The molecule has 1 N–H and O–H groups in total. The van der Waals surface area contributed by atoms with Gasteiger partial charge in [0.2, 0.25) is 0 Å². The van der Waals surface area contributed by atoms with Gasteiger partial charge in [-0.1, -0.05) is 6.07 Å². The molecule has 218 valence electrons. The van der Waals surface area contributed by atoms with Gasteiger partial charge in [-0.2, -0.15) is 13.9 Å². The fourth-order valence-corrected chi connectivity index (χ4v) is 5.86. The van der Waals surface area contributed by atoms with Crippen molar-refractivity contribution < 1.29 is 31.4 Å². The maximum atomic E-state index is 15.0. The van der Waals surface area contributed by atoms with Crippen molar-refractivity contribution in [2.24, 2.45) is 0 Å². The monoisotopic (exact) mass is 596 g/mol. The predicted octanol–water partition coefficient (Wildman–Crippen LogP) is 5.95. The van der Waals surface area contributed by atoms with Crippen LogP contribution in [0.25, 0.3) is 33.8 Å². The van der Waals surface area contributed by atoms with Gasteiger partial charge in [-0.05, 0) is 86.5 Å². The third kappa shape index (κ3) is 5.68. The SMILES string of the molecule is Cc1cn(-c2ccc(-c3cc(F)c(CO)c(S(C)(=O)=O)c3)cc2-c2cc(C)nn2-c2ccc(OC(F)F)cc2)c(C)n1. The van der Waals surface area contributed by atoms with Gasteiger partial charge in [0.05, 0.1) is 40.0 Å². The van der Waals surface area contributed by atoms with E-state index in [2.05, 4.69) is 14.8 Å². The second kappa shape index (κ2) is 11.1. The molecule has 2 heterocycles. The van der Waals surface area contributed by atoms with Crippen molar-refractivity contribution in [3.63, 3.8) is 0 Å². The highest BCUT2D eigenvalue weighted by Gasteiger charge is 2.21. The maximum Gasteiger partial charge on any atom is 0.387 e. The number of hydrogen-bond acceptors (Lipinski definition) is 6. The summed E-state index contributed by atoms with van der Waals surface area (Å²) in [6, 6.07) is 15.8. The van der Waals surface area contributed by atoms with Gasteiger partial charge in [-0.25, -0.2) is 22.5 Å². The fourth-order valence-electron chi connectivity index (χ4n) is 4.91. The van der Waals surface area contributed by atoms with Gasteiger partial charge >= 0.3 is 6.61 Å². The molecule has 0 bridgehead atoms. The Bertz CT molecular complexity index is 1900. The summed E-state index contributed by atoms with van der Waals surface area (Å²) in [4.78, 5) is 4.22. The Morgan fingerprint density at radius 3 is 2.26 bits per heavy atom. The number of alkyl halides is 2. The summed E-state index contributed by atoms with van der Waals surface area (Å²) in [6.07, 6.45) is 2.83. The van der Waals surface area contributed by atoms with Crippen LogP contribution >= 0.6 is 0 Å². The molecular weight excluding hydrogens is 569 g/mol. The van der Waals surface area contributed by atoms with Crippen molar-refractivity contribution in [3.8, 4) is 39.5 Å². The summed E-state index contributed by atoms with van der Waals surface area (Å²) < 4.78 is 73.4. The number of halogens is 3. The predicted molar refractivity (Wildman–Crippen MR) is 151 cm³/mol. The topological polar surface area (TPSA) is 99.2 Å². The molecular formula is C30H27F3N4O4S. The first-order chi connectivity index (χ1) is 19.8. The third-order valence-corrected chi connectivity index (χ3v) is 7.88. The number of hydrogen-bond donors (Lipinski definition) is 1. The molecule has 5 aromatic rings. The van der Waals surface area contributed by atoms with E-state index in [0.717, 1.165) is 23.5 Å². The number of benzene rings is 3. The maximum absolute atomic E-state index is 15.0. The van der Waals surface area contributed by atoms with Gasteiger partial charge in [0.15, 0.2) is 9.84 Å². The molecule has 2 aromatic heterocycles. The molecule has 3 aromatic carbocycles. The quantitative estimate of drug-likeness (QED) is 0.238. The number of nitrogens with zero attached hydrogens (tertiary/aromatic N) is 4. The van der Waals surface area contributed by atoms with E-state index in [1.54, 1.807) is 28.9 Å². The van der Waals surface area contributed by atoms with E-state index >= 15 is 4.39 Å². The number of imidazole rings is 1. The number of rotatable bonds is 8. The minimum atomic E-state index is -3.85. The van der Waals surface area contributed by atoms with Gasteiger partial charge in [0.1, 0.15) is 17.4 Å². The molecule has 0 atom stereocenters. The molecule has 0 aliphatic rings. The zero-order chi connectivity index (χ0) is 30.3. The van der Waals surface area contributed by atoms with E-state index in [1.165, 1.54) is 24.3 Å². The lowest BCUT2D eigenvalue weighted by atomic mass is 9.98. The number of aromatic nitrogens is 4. The summed E-state index contributed by atoms with van der Waals surface area (Å²) in [5.41, 5.74) is 4.58. The lowest BCUT2D eigenvalue weighted by Crippen LogP contribution is -2.06. The lowest BCUT2D eigenvalue weighted by Gasteiger charge is -2.17. The minimum Gasteiger partial charge on any atom is -0.435 e. The highest BCUT2D eigenvalue weighted by atomic mass is 32.2. The first kappa shape index (κ1) is 29.1. The first-order valence-corrected chi connectivity index (χ1v) is 14.7. The third-order valence-electron chi connectivity index (χ3n) is 6.72. The molecule has 8 nitrogen and oxygen atoms in total. The van der Waals surface area contributed by atoms with E-state index in [4.69, 9.17) is 0 Å². The van der Waals surface area contributed by atoms with Gasteiger partial charge in [0, 0.05) is 23.6 Å². The van der Waals surface area contributed by atoms with Crippen LogP contribution in [-0.4, -0.2) is 45.7 Å². The standard InChI is InChI=1S/C30H27F3N4O4S/c1-17-11-28(37(35-17)22-6-8-23(9-7-22)41-30(32)33)24-12-20(5-10-27(24)36-15-18(2)34-19(36)3)21-13-26(31)25(16-38)29(14-21)42(4,39)40/h5-15,30,38H,16H2,1-4H3. The van der Waals surface area contributed by atoms with Gasteiger partial charge in [0.25, 0.3) is 0 Å². The van der Waals surface area contributed by atoms with Crippen molar-refractivity contribution in [2.45, 2.75) is 38.9 Å². The minimum absolute atomic E-state index is 0.00131. The van der Waals surface area contributed by atoms with Crippen LogP contribution in [0, 0.1) is 26.6 Å². The molecule has 0 aliphatic heterocycles. The fraction of sp³-hybridized carbons (Fsp3) is 0.200. The average Bonchev–Trinajstić information content (AvgIpc) is 3.48. The molecule has 0 saturated heterocycles. The Balaban J connectivity index is 1.74. The molecule has 5 rings (SSSR count). The Morgan fingerprint density at radius 2 is 1.67 bits per heavy atom. The van der Waals surface area contributed by atoms with Crippen LogP contribution in [0.5, 0.6) is 5.75 Å². The number of aryl methyl sites for hydroxylation is 3. The summed E-state index contributed by atoms with van der Waals surface area (Å²) in [5.74, 6) is -0.119. The van der Waals surface area contributed by atoms with E-state index < -0.39 is 28.9 Å². The van der Waals surface area contributed by atoms with Crippen LogP contribution in [0.15, 0.2) is 71.8 Å². The second-order valence-electron chi connectivity index (χ2n) is 9.85. The normalized spacial score (nSPS) is 11.8. The largest absolute Gasteiger partial charge is 0.435 e. The average molecular weight is 597 g/mol. The Labute approximate surface area is 240 Å². The zero-order valence-corrected chi connectivity index (χ0v) is 24.0. The van der Waals surface area contributed by atoms with E-state index in [-0.39, 0.29) is 16.2 Å².